The highest BCUT2D eigenvalue weighted by molar-refractivity contribution is 9.10. The molecule has 1 rings (SSSR count). The van der Waals surface area contributed by atoms with E-state index in [0.29, 0.717) is 18.2 Å². The summed E-state index contributed by atoms with van der Waals surface area (Å²) in [5, 5.41) is 0.703. The molecule has 5 heteroatoms. The van der Waals surface area contributed by atoms with E-state index in [2.05, 4.69) is 15.9 Å². The van der Waals surface area contributed by atoms with Crippen molar-refractivity contribution in [1.29, 1.82) is 0 Å². The van der Waals surface area contributed by atoms with Gasteiger partial charge in [-0.3, -0.25) is 4.79 Å². The molecule has 0 saturated carbocycles. The van der Waals surface area contributed by atoms with Crippen LogP contribution in [-0.4, -0.2) is 24.0 Å². The minimum atomic E-state index is -0.279. The molecule has 0 heterocycles. The van der Waals surface area contributed by atoms with E-state index in [9.17, 15) is 4.79 Å². The molecular weight excluding hydrogens is 307 g/mol. The van der Waals surface area contributed by atoms with E-state index in [1.165, 1.54) is 0 Å². The molecule has 0 fully saturated rings. The molecule has 1 aromatic rings. The van der Waals surface area contributed by atoms with Crippen LogP contribution in [0, 0.1) is 0 Å². The molecule has 3 nitrogen and oxygen atoms in total. The zero-order chi connectivity index (χ0) is 12.7. The Morgan fingerprint density at radius 3 is 2.59 bits per heavy atom. The smallest absolute Gasteiger partial charge is 0.319 e. The molecule has 0 aromatic heterocycles. The summed E-state index contributed by atoms with van der Waals surface area (Å²) in [7, 11) is 0. The maximum atomic E-state index is 11.1. The summed E-state index contributed by atoms with van der Waals surface area (Å²) >= 11 is 8.88. The second-order valence-electron chi connectivity index (χ2n) is 3.46. The van der Waals surface area contributed by atoms with Crippen molar-refractivity contribution in [1.82, 2.24) is 0 Å². The molecule has 0 N–H and O–H groups in total. The standard InChI is InChI=1S/C12H14BrClO3/c1-9(13)12(15)17-7-6-16-8-10-2-4-11(14)5-3-10/h2-5,9H,6-8H2,1H3. The topological polar surface area (TPSA) is 35.5 Å². The largest absolute Gasteiger partial charge is 0.462 e. The minimum absolute atomic E-state index is 0.266. The Hall–Kier alpha value is -0.580. The molecule has 1 atom stereocenters. The van der Waals surface area contributed by atoms with Crippen LogP contribution in [0.2, 0.25) is 5.02 Å². The highest BCUT2D eigenvalue weighted by atomic mass is 79.9. The number of carbonyl (C=O) groups excluding carboxylic acids is 1. The van der Waals surface area contributed by atoms with Gasteiger partial charge in [0, 0.05) is 5.02 Å². The van der Waals surface area contributed by atoms with Crippen LogP contribution in [0.4, 0.5) is 0 Å². The van der Waals surface area contributed by atoms with E-state index in [-0.39, 0.29) is 17.4 Å². The first-order valence-corrected chi connectivity index (χ1v) is 6.52. The van der Waals surface area contributed by atoms with E-state index in [1.54, 1.807) is 6.92 Å². The molecule has 0 saturated heterocycles. The third-order valence-corrected chi connectivity index (χ3v) is 2.60. The second-order valence-corrected chi connectivity index (χ2v) is 5.27. The van der Waals surface area contributed by atoms with Gasteiger partial charge in [0.25, 0.3) is 0 Å². The van der Waals surface area contributed by atoms with E-state index in [0.717, 1.165) is 5.56 Å². The van der Waals surface area contributed by atoms with Crippen LogP contribution >= 0.6 is 27.5 Å². The summed E-state index contributed by atoms with van der Waals surface area (Å²) in [4.78, 5) is 10.8. The zero-order valence-corrected chi connectivity index (χ0v) is 11.8. The van der Waals surface area contributed by atoms with Gasteiger partial charge in [0.1, 0.15) is 11.4 Å². The van der Waals surface area contributed by atoms with Gasteiger partial charge in [0.2, 0.25) is 0 Å². The summed E-state index contributed by atoms with van der Waals surface area (Å²) in [6.45, 7) is 2.85. The van der Waals surface area contributed by atoms with Crippen molar-refractivity contribution in [2.24, 2.45) is 0 Å². The summed E-state index contributed by atoms with van der Waals surface area (Å²) in [6, 6.07) is 7.42. The number of esters is 1. The van der Waals surface area contributed by atoms with Gasteiger partial charge in [-0.2, -0.15) is 0 Å². The molecule has 0 bridgehead atoms. The number of hydrogen-bond donors (Lipinski definition) is 0. The number of halogens is 2. The average molecular weight is 322 g/mol. The van der Waals surface area contributed by atoms with Gasteiger partial charge in [-0.1, -0.05) is 39.7 Å². The average Bonchev–Trinajstić information content (AvgIpc) is 2.30. The summed E-state index contributed by atoms with van der Waals surface area (Å²) in [5.74, 6) is -0.278. The van der Waals surface area contributed by atoms with E-state index in [1.807, 2.05) is 24.3 Å². The summed E-state index contributed by atoms with van der Waals surface area (Å²) in [5.41, 5.74) is 1.04. The molecular formula is C12H14BrClO3. The number of alkyl halides is 1. The van der Waals surface area contributed by atoms with Crippen molar-refractivity contribution in [2.75, 3.05) is 13.2 Å². The van der Waals surface area contributed by atoms with Crippen LogP contribution in [0.3, 0.4) is 0 Å². The molecule has 0 aliphatic heterocycles. The third kappa shape index (κ3) is 6.05. The van der Waals surface area contributed by atoms with Gasteiger partial charge in [-0.25, -0.2) is 0 Å². The van der Waals surface area contributed by atoms with Crippen molar-refractivity contribution in [2.45, 2.75) is 18.4 Å². The monoisotopic (exact) mass is 320 g/mol. The van der Waals surface area contributed by atoms with Crippen LogP contribution in [0.1, 0.15) is 12.5 Å². The predicted octanol–water partition coefficient (Wildman–Crippen LogP) is 3.18. The first-order valence-electron chi connectivity index (χ1n) is 5.22. The Balaban J connectivity index is 2.12. The highest BCUT2D eigenvalue weighted by Gasteiger charge is 2.08. The molecule has 17 heavy (non-hydrogen) atoms. The number of rotatable bonds is 6. The van der Waals surface area contributed by atoms with Crippen molar-refractivity contribution in [3.05, 3.63) is 34.9 Å². The highest BCUT2D eigenvalue weighted by Crippen LogP contribution is 2.10. The van der Waals surface area contributed by atoms with Gasteiger partial charge in [0.15, 0.2) is 0 Å². The Bertz CT molecular complexity index is 351. The molecule has 0 radical (unpaired) electrons. The minimum Gasteiger partial charge on any atom is -0.462 e. The molecule has 0 aliphatic rings. The molecule has 94 valence electrons. The number of benzene rings is 1. The van der Waals surface area contributed by atoms with Gasteiger partial charge < -0.3 is 9.47 Å². The lowest BCUT2D eigenvalue weighted by Crippen LogP contribution is -2.17. The maximum absolute atomic E-state index is 11.1. The number of hydrogen-bond acceptors (Lipinski definition) is 3. The van der Waals surface area contributed by atoms with Crippen LogP contribution in [0.5, 0.6) is 0 Å². The fraction of sp³-hybridized carbons (Fsp3) is 0.417. The first kappa shape index (κ1) is 14.5. The van der Waals surface area contributed by atoms with Crippen molar-refractivity contribution >= 4 is 33.5 Å². The quantitative estimate of drug-likeness (QED) is 0.458. The van der Waals surface area contributed by atoms with Crippen molar-refractivity contribution in [3.8, 4) is 0 Å². The van der Waals surface area contributed by atoms with Crippen LogP contribution in [0.15, 0.2) is 24.3 Å². The number of carbonyl (C=O) groups is 1. The summed E-state index contributed by atoms with van der Waals surface area (Å²) < 4.78 is 10.3. The Morgan fingerprint density at radius 1 is 1.35 bits per heavy atom. The normalized spacial score (nSPS) is 12.2. The zero-order valence-electron chi connectivity index (χ0n) is 9.49. The van der Waals surface area contributed by atoms with Gasteiger partial charge in [-0.15, -0.1) is 0 Å². The van der Waals surface area contributed by atoms with Crippen molar-refractivity contribution < 1.29 is 14.3 Å². The second kappa shape index (κ2) is 7.69. The molecule has 0 spiro atoms. The third-order valence-electron chi connectivity index (χ3n) is 1.98. The van der Waals surface area contributed by atoms with E-state index < -0.39 is 0 Å². The van der Waals surface area contributed by atoms with Gasteiger partial charge in [-0.05, 0) is 24.6 Å². The van der Waals surface area contributed by atoms with Gasteiger partial charge in [0.05, 0.1) is 13.2 Å². The maximum Gasteiger partial charge on any atom is 0.319 e. The Morgan fingerprint density at radius 2 is 2.00 bits per heavy atom. The molecule has 1 unspecified atom stereocenters. The lowest BCUT2D eigenvalue weighted by atomic mass is 10.2. The Kier molecular flexibility index (Phi) is 6.55. The first-order chi connectivity index (χ1) is 8.09. The molecule has 0 amide bonds. The van der Waals surface area contributed by atoms with E-state index >= 15 is 0 Å². The van der Waals surface area contributed by atoms with E-state index in [4.69, 9.17) is 21.1 Å². The van der Waals surface area contributed by atoms with Crippen LogP contribution < -0.4 is 0 Å². The van der Waals surface area contributed by atoms with Gasteiger partial charge >= 0.3 is 5.97 Å². The van der Waals surface area contributed by atoms with Crippen LogP contribution in [-0.2, 0) is 20.9 Å². The predicted molar refractivity (Wildman–Crippen MR) is 70.5 cm³/mol. The lowest BCUT2D eigenvalue weighted by molar-refractivity contribution is -0.144. The Labute approximate surface area is 114 Å². The molecule has 1 aromatic carbocycles. The molecule has 0 aliphatic carbocycles. The fourth-order valence-electron chi connectivity index (χ4n) is 1.09. The van der Waals surface area contributed by atoms with Crippen molar-refractivity contribution in [3.63, 3.8) is 0 Å². The number of ether oxygens (including phenoxy) is 2. The fourth-order valence-corrected chi connectivity index (χ4v) is 1.34. The van der Waals surface area contributed by atoms with Crippen LogP contribution in [0.25, 0.3) is 0 Å². The lowest BCUT2D eigenvalue weighted by Gasteiger charge is -2.07. The summed E-state index contributed by atoms with van der Waals surface area (Å²) in [6.07, 6.45) is 0. The SMILES string of the molecule is CC(Br)C(=O)OCCOCc1ccc(Cl)cc1.